The van der Waals surface area contributed by atoms with Crippen molar-refractivity contribution in [3.8, 4) is 5.75 Å². The number of anilines is 1. The highest BCUT2D eigenvalue weighted by atomic mass is 16.6. The second-order valence-electron chi connectivity index (χ2n) is 6.09. The molecule has 0 fully saturated rings. The number of methoxy groups -OCH3 is 1. The second kappa shape index (κ2) is 5.63. The van der Waals surface area contributed by atoms with Gasteiger partial charge in [0.1, 0.15) is 5.75 Å². The van der Waals surface area contributed by atoms with Crippen LogP contribution in [0, 0.1) is 16.0 Å². The molecule has 0 amide bonds. The Hall–Kier alpha value is -2.89. The zero-order valence-electron chi connectivity index (χ0n) is 13.2. The molecule has 122 valence electrons. The molecule has 4 rings (SSSR count). The first-order valence-corrected chi connectivity index (χ1v) is 7.89. The molecule has 0 radical (unpaired) electrons. The minimum absolute atomic E-state index is 0.00918. The number of nitro groups is 1. The van der Waals surface area contributed by atoms with Gasteiger partial charge in [-0.3, -0.25) is 15.1 Å². The average molecular weight is 323 g/mol. The second-order valence-corrected chi connectivity index (χ2v) is 6.09. The van der Waals surface area contributed by atoms with Crippen molar-refractivity contribution in [2.75, 3.05) is 12.4 Å². The van der Waals surface area contributed by atoms with Gasteiger partial charge in [0.2, 0.25) is 0 Å². The zero-order chi connectivity index (χ0) is 16.7. The minimum Gasteiger partial charge on any atom is -0.495 e. The standard InChI is InChI=1S/C18H17N3O3/c1-24-15-6-5-14(21(22)23)16-12-3-2-4-13(12)17(20-18(15)16)11-7-9-19-10-8-11/h2-3,5-10,12-13,17,20H,4H2,1H3/t12-,13-,17+/m1/s1. The molecule has 2 aromatic rings. The van der Waals surface area contributed by atoms with E-state index < -0.39 is 0 Å². The number of hydrogen-bond acceptors (Lipinski definition) is 5. The Morgan fingerprint density at radius 2 is 2.08 bits per heavy atom. The number of rotatable bonds is 3. The van der Waals surface area contributed by atoms with E-state index in [9.17, 15) is 10.1 Å². The van der Waals surface area contributed by atoms with Crippen LogP contribution in [-0.2, 0) is 0 Å². The SMILES string of the molecule is COc1ccc([N+](=O)[O-])c2c1N[C@@H](c1ccncc1)[C@@H]1CC=C[C@@H]21. The number of nitrogens with one attached hydrogen (secondary N) is 1. The molecule has 6 heteroatoms. The summed E-state index contributed by atoms with van der Waals surface area (Å²) in [5.74, 6) is 0.883. The summed E-state index contributed by atoms with van der Waals surface area (Å²) in [7, 11) is 1.58. The lowest BCUT2D eigenvalue weighted by Gasteiger charge is -2.37. The van der Waals surface area contributed by atoms with Gasteiger partial charge >= 0.3 is 0 Å². The fourth-order valence-electron chi connectivity index (χ4n) is 3.89. The van der Waals surface area contributed by atoms with Crippen molar-refractivity contribution in [1.29, 1.82) is 0 Å². The normalized spacial score (nSPS) is 24.0. The molecule has 0 spiro atoms. The fraction of sp³-hybridized carbons (Fsp3) is 0.278. The molecule has 3 atom stereocenters. The van der Waals surface area contributed by atoms with Gasteiger partial charge in [-0.15, -0.1) is 0 Å². The van der Waals surface area contributed by atoms with Crippen LogP contribution in [0.1, 0.15) is 29.5 Å². The van der Waals surface area contributed by atoms with Crippen molar-refractivity contribution in [2.24, 2.45) is 5.92 Å². The van der Waals surface area contributed by atoms with Gasteiger partial charge in [-0.2, -0.15) is 0 Å². The summed E-state index contributed by atoms with van der Waals surface area (Å²) < 4.78 is 5.46. The van der Waals surface area contributed by atoms with Crippen LogP contribution in [0.25, 0.3) is 0 Å². The predicted molar refractivity (Wildman–Crippen MR) is 90.2 cm³/mol. The van der Waals surface area contributed by atoms with Crippen LogP contribution in [0.4, 0.5) is 11.4 Å². The largest absolute Gasteiger partial charge is 0.495 e. The lowest BCUT2D eigenvalue weighted by atomic mass is 9.76. The molecular weight excluding hydrogens is 306 g/mol. The maximum atomic E-state index is 11.5. The summed E-state index contributed by atoms with van der Waals surface area (Å²) in [6, 6.07) is 7.24. The van der Waals surface area contributed by atoms with Crippen molar-refractivity contribution < 1.29 is 9.66 Å². The molecule has 0 unspecified atom stereocenters. The van der Waals surface area contributed by atoms with E-state index in [1.54, 1.807) is 25.6 Å². The Kier molecular flexibility index (Phi) is 3.45. The third-order valence-electron chi connectivity index (χ3n) is 4.94. The molecule has 0 saturated carbocycles. The van der Waals surface area contributed by atoms with Crippen molar-refractivity contribution in [3.63, 3.8) is 0 Å². The molecule has 1 aromatic carbocycles. The number of allylic oxidation sites excluding steroid dienone is 2. The first-order chi connectivity index (χ1) is 11.7. The molecular formula is C18H17N3O3. The van der Waals surface area contributed by atoms with E-state index in [0.717, 1.165) is 23.2 Å². The molecule has 24 heavy (non-hydrogen) atoms. The Labute approximate surface area is 139 Å². The van der Waals surface area contributed by atoms with Gasteiger partial charge in [-0.05, 0) is 36.1 Å². The molecule has 1 aliphatic heterocycles. The van der Waals surface area contributed by atoms with E-state index in [4.69, 9.17) is 4.74 Å². The van der Waals surface area contributed by atoms with E-state index in [1.807, 2.05) is 12.1 Å². The van der Waals surface area contributed by atoms with Crippen LogP contribution >= 0.6 is 0 Å². The third kappa shape index (κ3) is 2.14. The number of nitro benzene ring substituents is 1. The van der Waals surface area contributed by atoms with Crippen molar-refractivity contribution >= 4 is 11.4 Å². The number of nitrogens with zero attached hydrogens (tertiary/aromatic N) is 2. The number of aromatic nitrogens is 1. The molecule has 1 N–H and O–H groups in total. The number of fused-ring (bicyclic) bond motifs is 3. The summed E-state index contributed by atoms with van der Waals surface area (Å²) in [4.78, 5) is 15.3. The number of ether oxygens (including phenoxy) is 1. The number of benzene rings is 1. The van der Waals surface area contributed by atoms with Gasteiger partial charge in [0.25, 0.3) is 5.69 Å². The molecule has 1 aliphatic carbocycles. The predicted octanol–water partition coefficient (Wildman–Crippen LogP) is 3.82. The zero-order valence-corrected chi connectivity index (χ0v) is 13.2. The maximum Gasteiger partial charge on any atom is 0.275 e. The van der Waals surface area contributed by atoms with E-state index in [0.29, 0.717) is 5.75 Å². The Bertz CT molecular complexity index is 820. The highest BCUT2D eigenvalue weighted by Gasteiger charge is 2.42. The molecule has 6 nitrogen and oxygen atoms in total. The third-order valence-corrected chi connectivity index (χ3v) is 4.94. The van der Waals surface area contributed by atoms with Crippen LogP contribution in [-0.4, -0.2) is 17.0 Å². The van der Waals surface area contributed by atoms with Gasteiger partial charge in [-0.25, -0.2) is 0 Å². The molecule has 0 bridgehead atoms. The van der Waals surface area contributed by atoms with Crippen LogP contribution in [0.3, 0.4) is 0 Å². The van der Waals surface area contributed by atoms with Gasteiger partial charge in [0.15, 0.2) is 0 Å². The number of hydrogen-bond donors (Lipinski definition) is 1. The first-order valence-electron chi connectivity index (χ1n) is 7.89. The Balaban J connectivity index is 1.90. The van der Waals surface area contributed by atoms with Gasteiger partial charge in [0, 0.05) is 24.4 Å². The van der Waals surface area contributed by atoms with E-state index in [-0.39, 0.29) is 28.5 Å². The van der Waals surface area contributed by atoms with E-state index in [2.05, 4.69) is 22.5 Å². The summed E-state index contributed by atoms with van der Waals surface area (Å²) in [5, 5.41) is 15.0. The Morgan fingerprint density at radius 1 is 1.29 bits per heavy atom. The highest BCUT2D eigenvalue weighted by Crippen LogP contribution is 2.54. The summed E-state index contributed by atoms with van der Waals surface area (Å²) in [6.45, 7) is 0. The van der Waals surface area contributed by atoms with Crippen molar-refractivity contribution in [1.82, 2.24) is 4.98 Å². The fourth-order valence-corrected chi connectivity index (χ4v) is 3.89. The summed E-state index contributed by atoms with van der Waals surface area (Å²) in [6.07, 6.45) is 8.64. The van der Waals surface area contributed by atoms with Gasteiger partial charge in [0.05, 0.1) is 29.3 Å². The topological polar surface area (TPSA) is 77.3 Å². The van der Waals surface area contributed by atoms with E-state index >= 15 is 0 Å². The van der Waals surface area contributed by atoms with Crippen LogP contribution < -0.4 is 10.1 Å². The molecule has 1 aromatic heterocycles. The van der Waals surface area contributed by atoms with Crippen molar-refractivity contribution in [2.45, 2.75) is 18.4 Å². The van der Waals surface area contributed by atoms with Crippen LogP contribution in [0.5, 0.6) is 5.75 Å². The minimum atomic E-state index is -0.310. The maximum absolute atomic E-state index is 11.5. The van der Waals surface area contributed by atoms with Crippen LogP contribution in [0.15, 0.2) is 48.8 Å². The van der Waals surface area contributed by atoms with E-state index in [1.165, 1.54) is 6.07 Å². The van der Waals surface area contributed by atoms with Gasteiger partial charge in [-0.1, -0.05) is 12.2 Å². The summed E-state index contributed by atoms with van der Waals surface area (Å²) in [5.41, 5.74) is 2.72. The summed E-state index contributed by atoms with van der Waals surface area (Å²) >= 11 is 0. The number of pyridine rings is 1. The Morgan fingerprint density at radius 3 is 2.79 bits per heavy atom. The molecule has 2 aliphatic rings. The van der Waals surface area contributed by atoms with Crippen molar-refractivity contribution in [3.05, 3.63) is 70.1 Å². The molecule has 2 heterocycles. The van der Waals surface area contributed by atoms with Gasteiger partial charge < -0.3 is 10.1 Å². The lowest BCUT2D eigenvalue weighted by molar-refractivity contribution is -0.385. The molecule has 0 saturated heterocycles. The smallest absolute Gasteiger partial charge is 0.275 e. The van der Waals surface area contributed by atoms with Crippen LogP contribution in [0.2, 0.25) is 0 Å². The first kappa shape index (κ1) is 14.7. The average Bonchev–Trinajstić information content (AvgIpc) is 3.10. The lowest BCUT2D eigenvalue weighted by Crippen LogP contribution is -2.30. The highest BCUT2D eigenvalue weighted by molar-refractivity contribution is 5.73. The quantitative estimate of drug-likeness (QED) is 0.528. The monoisotopic (exact) mass is 323 g/mol.